The lowest BCUT2D eigenvalue weighted by atomic mass is 9.93. The van der Waals surface area contributed by atoms with Gasteiger partial charge in [0.1, 0.15) is 17.2 Å². The quantitative estimate of drug-likeness (QED) is 0.557. The number of hydrogen-bond acceptors (Lipinski definition) is 8. The lowest BCUT2D eigenvalue weighted by molar-refractivity contribution is -0.125. The van der Waals surface area contributed by atoms with Crippen LogP contribution < -0.4 is 15.8 Å². The maximum Gasteiger partial charge on any atom is 0.259 e. The van der Waals surface area contributed by atoms with Crippen LogP contribution in [0.5, 0.6) is 10.8 Å². The molecule has 0 radical (unpaired) electrons. The predicted molar refractivity (Wildman–Crippen MR) is 113 cm³/mol. The Morgan fingerprint density at radius 2 is 2.10 bits per heavy atom. The Labute approximate surface area is 179 Å². The number of aliphatic hydroxyl groups is 1. The molecule has 5 rings (SSSR count). The largest absolute Gasteiger partial charge is 0.444 e. The van der Waals surface area contributed by atoms with Gasteiger partial charge >= 0.3 is 0 Å². The van der Waals surface area contributed by atoms with E-state index < -0.39 is 17.4 Å². The first kappa shape index (κ1) is 19.2. The van der Waals surface area contributed by atoms with Crippen molar-refractivity contribution in [2.45, 2.75) is 38.2 Å². The van der Waals surface area contributed by atoms with Gasteiger partial charge in [0, 0.05) is 6.20 Å². The highest BCUT2D eigenvalue weighted by Gasteiger charge is 2.48. The van der Waals surface area contributed by atoms with Crippen LogP contribution in [0.3, 0.4) is 0 Å². The number of nitrogens with two attached hydrogens (primary N) is 1. The molecule has 2 aliphatic rings. The van der Waals surface area contributed by atoms with Crippen LogP contribution in [0.4, 0.5) is 5.82 Å². The van der Waals surface area contributed by atoms with Gasteiger partial charge in [-0.1, -0.05) is 11.3 Å². The molecule has 0 saturated heterocycles. The monoisotopic (exact) mass is 442 g/mol. The molecular weight excluding hydrogens is 424 g/mol. The van der Waals surface area contributed by atoms with E-state index in [0.29, 0.717) is 46.5 Å². The van der Waals surface area contributed by atoms with Gasteiger partial charge < -0.3 is 20.9 Å². The first-order valence-electron chi connectivity index (χ1n) is 9.44. The Bertz CT molecular complexity index is 1200. The summed E-state index contributed by atoms with van der Waals surface area (Å²) in [5.74, 6) is -0.0556. The number of nitrogens with one attached hydrogen (secondary N) is 1. The highest BCUT2D eigenvalue weighted by Crippen LogP contribution is 2.50. The van der Waals surface area contributed by atoms with Gasteiger partial charge in [0.15, 0.2) is 5.06 Å². The number of nitrogens with zero attached hydrogens (tertiary/aromatic N) is 2. The van der Waals surface area contributed by atoms with E-state index in [1.807, 2.05) is 6.20 Å². The van der Waals surface area contributed by atoms with E-state index in [1.54, 1.807) is 19.1 Å². The molecule has 2 aliphatic carbocycles. The number of primary amides is 1. The molecule has 0 bridgehead atoms. The third kappa shape index (κ3) is 3.17. The SMILES string of the molecule is Cc1nc(NC(=O)C2(O)CC2)ccc1Oc1sc(C(N)=O)c2c1-c1sncc1CC2. The van der Waals surface area contributed by atoms with Crippen LogP contribution >= 0.6 is 22.9 Å². The van der Waals surface area contributed by atoms with Crippen molar-refractivity contribution in [3.63, 3.8) is 0 Å². The van der Waals surface area contributed by atoms with E-state index in [-0.39, 0.29) is 0 Å². The van der Waals surface area contributed by atoms with Crippen molar-refractivity contribution in [2.24, 2.45) is 5.73 Å². The first-order valence-corrected chi connectivity index (χ1v) is 11.0. The van der Waals surface area contributed by atoms with Crippen LogP contribution in [0.25, 0.3) is 10.4 Å². The van der Waals surface area contributed by atoms with Gasteiger partial charge in [-0.05, 0) is 67.4 Å². The molecule has 1 fully saturated rings. The fourth-order valence-corrected chi connectivity index (χ4v) is 5.49. The molecular formula is C20H18N4O4S2. The fraction of sp³-hybridized carbons (Fsp3) is 0.300. The number of anilines is 1. The van der Waals surface area contributed by atoms with Crippen molar-refractivity contribution in [2.75, 3.05) is 5.32 Å². The van der Waals surface area contributed by atoms with Crippen molar-refractivity contribution < 1.29 is 19.4 Å². The van der Waals surface area contributed by atoms with Gasteiger partial charge in [0.2, 0.25) is 0 Å². The number of pyridine rings is 1. The van der Waals surface area contributed by atoms with Crippen LogP contribution in [0.2, 0.25) is 0 Å². The molecule has 1 saturated carbocycles. The molecule has 0 aromatic carbocycles. The molecule has 0 unspecified atom stereocenters. The van der Waals surface area contributed by atoms with Gasteiger partial charge in [-0.3, -0.25) is 9.59 Å². The molecule has 4 N–H and O–H groups in total. The van der Waals surface area contributed by atoms with E-state index >= 15 is 0 Å². The summed E-state index contributed by atoms with van der Waals surface area (Å²) < 4.78 is 10.5. The molecule has 3 aromatic heterocycles. The maximum atomic E-state index is 12.0. The average Bonchev–Trinajstić information content (AvgIpc) is 3.13. The van der Waals surface area contributed by atoms with E-state index in [9.17, 15) is 14.7 Å². The molecule has 30 heavy (non-hydrogen) atoms. The van der Waals surface area contributed by atoms with Gasteiger partial charge in [-0.25, -0.2) is 9.36 Å². The molecule has 2 amide bonds. The molecule has 3 heterocycles. The summed E-state index contributed by atoms with van der Waals surface area (Å²) in [5.41, 5.74) is 7.83. The Morgan fingerprint density at radius 3 is 2.80 bits per heavy atom. The molecule has 0 spiro atoms. The number of thiophene rings is 1. The topological polar surface area (TPSA) is 127 Å². The van der Waals surface area contributed by atoms with Crippen LogP contribution in [-0.4, -0.2) is 31.9 Å². The Hall–Kier alpha value is -2.82. The third-order valence-corrected chi connectivity index (χ3v) is 7.33. The summed E-state index contributed by atoms with van der Waals surface area (Å²) >= 11 is 2.61. The summed E-state index contributed by atoms with van der Waals surface area (Å²) in [6, 6.07) is 3.33. The number of rotatable bonds is 5. The minimum Gasteiger partial charge on any atom is -0.444 e. The van der Waals surface area contributed by atoms with Crippen molar-refractivity contribution in [3.05, 3.63) is 40.0 Å². The highest BCUT2D eigenvalue weighted by atomic mass is 32.1. The standard InChI is InChI=1S/C20H18N4O4S2/c1-9-12(4-5-13(23-9)24-19(26)20(27)6-7-20)28-18-14-11(16(29-18)17(21)25)3-2-10-8-22-30-15(10)14/h4-5,8,27H,2-3,6-7H2,1H3,(H2,21,25)(H,23,24,26). The van der Waals surface area contributed by atoms with Crippen molar-refractivity contribution >= 4 is 40.5 Å². The second kappa shape index (κ2) is 6.86. The second-order valence-corrected chi connectivity index (χ2v) is 9.27. The van der Waals surface area contributed by atoms with E-state index in [1.165, 1.54) is 22.9 Å². The number of aromatic nitrogens is 2. The van der Waals surface area contributed by atoms with Crippen LogP contribution in [0, 0.1) is 6.92 Å². The summed E-state index contributed by atoms with van der Waals surface area (Å²) in [6.07, 6.45) is 4.31. The second-order valence-electron chi connectivity index (χ2n) is 7.48. The van der Waals surface area contributed by atoms with Gasteiger partial charge in [0.05, 0.1) is 21.0 Å². The van der Waals surface area contributed by atoms with E-state index in [4.69, 9.17) is 10.5 Å². The normalized spacial score (nSPS) is 15.8. The molecule has 154 valence electrons. The lowest BCUT2D eigenvalue weighted by Gasteiger charge is -2.15. The number of amides is 2. The lowest BCUT2D eigenvalue weighted by Crippen LogP contribution is -2.29. The Balaban J connectivity index is 1.47. The van der Waals surface area contributed by atoms with Gasteiger partial charge in [-0.15, -0.1) is 0 Å². The zero-order chi connectivity index (χ0) is 21.0. The summed E-state index contributed by atoms with van der Waals surface area (Å²) in [4.78, 5) is 29.9. The van der Waals surface area contributed by atoms with E-state index in [2.05, 4.69) is 14.7 Å². The van der Waals surface area contributed by atoms with Crippen LogP contribution in [0.1, 0.15) is 39.3 Å². The van der Waals surface area contributed by atoms with Crippen LogP contribution in [-0.2, 0) is 17.6 Å². The number of aryl methyl sites for hydroxylation is 2. The van der Waals surface area contributed by atoms with Gasteiger partial charge in [-0.2, -0.15) is 0 Å². The minimum atomic E-state index is -1.27. The summed E-state index contributed by atoms with van der Waals surface area (Å²) in [7, 11) is 0. The molecule has 8 nitrogen and oxygen atoms in total. The van der Waals surface area contributed by atoms with Gasteiger partial charge in [0.25, 0.3) is 11.8 Å². The first-order chi connectivity index (χ1) is 14.4. The number of ether oxygens (including phenoxy) is 1. The zero-order valence-electron chi connectivity index (χ0n) is 16.0. The summed E-state index contributed by atoms with van der Waals surface area (Å²) in [5, 5.41) is 13.1. The molecule has 0 atom stereocenters. The molecule has 10 heteroatoms. The zero-order valence-corrected chi connectivity index (χ0v) is 17.7. The van der Waals surface area contributed by atoms with Crippen molar-refractivity contribution in [1.82, 2.24) is 9.36 Å². The molecule has 3 aromatic rings. The highest BCUT2D eigenvalue weighted by molar-refractivity contribution is 7.17. The third-order valence-electron chi connectivity index (χ3n) is 5.34. The fourth-order valence-electron chi connectivity index (χ4n) is 3.49. The van der Waals surface area contributed by atoms with Crippen molar-refractivity contribution in [1.29, 1.82) is 0 Å². The number of hydrogen-bond donors (Lipinski definition) is 3. The van der Waals surface area contributed by atoms with Crippen LogP contribution in [0.15, 0.2) is 18.3 Å². The molecule has 0 aliphatic heterocycles. The number of carbonyl (C=O) groups excluding carboxylic acids is 2. The Kier molecular flexibility index (Phi) is 4.38. The minimum absolute atomic E-state index is 0.348. The van der Waals surface area contributed by atoms with E-state index in [0.717, 1.165) is 28.0 Å². The predicted octanol–water partition coefficient (Wildman–Crippen LogP) is 3.03. The number of fused-ring (bicyclic) bond motifs is 3. The van der Waals surface area contributed by atoms with Crippen molar-refractivity contribution in [3.8, 4) is 21.3 Å². The number of carbonyl (C=O) groups is 2. The smallest absolute Gasteiger partial charge is 0.259 e. The maximum absolute atomic E-state index is 12.0. The Morgan fingerprint density at radius 1 is 1.30 bits per heavy atom. The average molecular weight is 443 g/mol. The summed E-state index contributed by atoms with van der Waals surface area (Å²) in [6.45, 7) is 1.77.